The second-order valence-corrected chi connectivity index (χ2v) is 6.16. The average molecular weight is 347 g/mol. The Morgan fingerprint density at radius 3 is 2.46 bits per heavy atom. The first-order valence-corrected chi connectivity index (χ1v) is 8.62. The zero-order valence-corrected chi connectivity index (χ0v) is 14.7. The predicted octanol–water partition coefficient (Wildman–Crippen LogP) is 3.64. The van der Waals surface area contributed by atoms with E-state index >= 15 is 0 Å². The lowest BCUT2D eigenvalue weighted by Gasteiger charge is -2.08. The van der Waals surface area contributed by atoms with Crippen molar-refractivity contribution < 1.29 is 4.79 Å². The molecule has 132 valence electrons. The Morgan fingerprint density at radius 1 is 1.00 bits per heavy atom. The molecule has 1 aromatic heterocycles. The Morgan fingerprint density at radius 2 is 1.73 bits per heavy atom. The lowest BCUT2D eigenvalue weighted by molar-refractivity contribution is -0.116. The highest BCUT2D eigenvalue weighted by Gasteiger charge is 2.06. The quantitative estimate of drug-likeness (QED) is 0.740. The van der Waals surface area contributed by atoms with Crippen LogP contribution in [-0.2, 0) is 11.3 Å². The molecule has 26 heavy (non-hydrogen) atoms. The first-order chi connectivity index (χ1) is 12.6. The summed E-state index contributed by atoms with van der Waals surface area (Å²) in [5, 5.41) is 7.26. The van der Waals surface area contributed by atoms with Gasteiger partial charge in [-0.05, 0) is 31.5 Å². The summed E-state index contributed by atoms with van der Waals surface area (Å²) in [6.45, 7) is 2.43. The lowest BCUT2D eigenvalue weighted by Crippen LogP contribution is -2.23. The van der Waals surface area contributed by atoms with Crippen LogP contribution in [0, 0.1) is 6.92 Å². The molecule has 3 aromatic rings. The van der Waals surface area contributed by atoms with E-state index in [1.54, 1.807) is 6.07 Å². The van der Waals surface area contributed by atoms with Crippen LogP contribution in [0.4, 0.5) is 5.69 Å². The number of hydrogen-bond acceptors (Lipinski definition) is 3. The van der Waals surface area contributed by atoms with E-state index in [0.717, 1.165) is 16.9 Å². The van der Waals surface area contributed by atoms with Gasteiger partial charge < -0.3 is 5.32 Å². The van der Waals surface area contributed by atoms with Gasteiger partial charge in [0.15, 0.2) is 0 Å². The van der Waals surface area contributed by atoms with Crippen molar-refractivity contribution in [2.75, 3.05) is 5.32 Å². The van der Waals surface area contributed by atoms with Crippen molar-refractivity contribution in [1.29, 1.82) is 0 Å². The Balaban J connectivity index is 1.61. The number of amides is 1. The van der Waals surface area contributed by atoms with Crippen LogP contribution < -0.4 is 10.9 Å². The minimum atomic E-state index is -0.163. The van der Waals surface area contributed by atoms with Gasteiger partial charge in [0.05, 0.1) is 5.69 Å². The molecule has 3 rings (SSSR count). The summed E-state index contributed by atoms with van der Waals surface area (Å²) in [5.74, 6) is -0.0704. The number of aryl methyl sites for hydroxylation is 2. The Kier molecular flexibility index (Phi) is 5.59. The van der Waals surface area contributed by atoms with Gasteiger partial charge in [0.1, 0.15) is 0 Å². The van der Waals surface area contributed by atoms with Gasteiger partial charge in [0.25, 0.3) is 5.56 Å². The number of nitrogens with one attached hydrogen (secondary N) is 1. The minimum Gasteiger partial charge on any atom is -0.326 e. The number of anilines is 1. The monoisotopic (exact) mass is 347 g/mol. The first-order valence-electron chi connectivity index (χ1n) is 8.62. The SMILES string of the molecule is Cc1ccc(-c2ccc(=O)n(CCCC(=O)Nc3ccccc3)n2)cc1. The number of carbonyl (C=O) groups excluding carboxylic acids is 1. The molecule has 0 saturated carbocycles. The summed E-state index contributed by atoms with van der Waals surface area (Å²) in [6.07, 6.45) is 0.876. The first kappa shape index (κ1) is 17.6. The van der Waals surface area contributed by atoms with Crippen molar-refractivity contribution in [2.24, 2.45) is 0 Å². The fourth-order valence-electron chi connectivity index (χ4n) is 2.62. The molecule has 0 fully saturated rings. The van der Waals surface area contributed by atoms with E-state index in [1.807, 2.05) is 61.5 Å². The second-order valence-electron chi connectivity index (χ2n) is 6.16. The summed E-state index contributed by atoms with van der Waals surface area (Å²) < 4.78 is 1.42. The van der Waals surface area contributed by atoms with Crippen LogP contribution in [-0.4, -0.2) is 15.7 Å². The maximum Gasteiger partial charge on any atom is 0.266 e. The maximum absolute atomic E-state index is 12.0. The maximum atomic E-state index is 12.0. The summed E-state index contributed by atoms with van der Waals surface area (Å²) in [4.78, 5) is 24.0. The molecule has 5 heteroatoms. The highest BCUT2D eigenvalue weighted by molar-refractivity contribution is 5.90. The van der Waals surface area contributed by atoms with E-state index in [9.17, 15) is 9.59 Å². The van der Waals surface area contributed by atoms with Crippen molar-refractivity contribution in [3.63, 3.8) is 0 Å². The molecule has 1 heterocycles. The molecule has 0 bridgehead atoms. The normalized spacial score (nSPS) is 10.5. The van der Waals surface area contributed by atoms with Gasteiger partial charge in [-0.1, -0.05) is 48.0 Å². The fourth-order valence-corrected chi connectivity index (χ4v) is 2.62. The third-order valence-corrected chi connectivity index (χ3v) is 4.05. The van der Waals surface area contributed by atoms with Gasteiger partial charge in [-0.15, -0.1) is 0 Å². The van der Waals surface area contributed by atoms with Crippen molar-refractivity contribution in [3.8, 4) is 11.3 Å². The van der Waals surface area contributed by atoms with E-state index in [4.69, 9.17) is 0 Å². The molecule has 0 aliphatic heterocycles. The smallest absolute Gasteiger partial charge is 0.266 e. The Hall–Kier alpha value is -3.21. The summed E-state index contributed by atoms with van der Waals surface area (Å²) in [6, 6.07) is 20.6. The van der Waals surface area contributed by atoms with Crippen LogP contribution in [0.5, 0.6) is 0 Å². The van der Waals surface area contributed by atoms with Crippen molar-refractivity contribution in [2.45, 2.75) is 26.3 Å². The average Bonchev–Trinajstić information content (AvgIpc) is 2.65. The van der Waals surface area contributed by atoms with Crippen molar-refractivity contribution in [3.05, 3.63) is 82.6 Å². The summed E-state index contributed by atoms with van der Waals surface area (Å²) in [5.41, 5.74) is 3.49. The number of nitrogens with zero attached hydrogens (tertiary/aromatic N) is 2. The molecule has 0 aliphatic rings. The molecule has 0 saturated heterocycles. The van der Waals surface area contributed by atoms with Crippen LogP contribution in [0.1, 0.15) is 18.4 Å². The number of benzene rings is 2. The molecule has 0 radical (unpaired) electrons. The molecular weight excluding hydrogens is 326 g/mol. The zero-order valence-electron chi connectivity index (χ0n) is 14.7. The largest absolute Gasteiger partial charge is 0.326 e. The van der Waals surface area contributed by atoms with Gasteiger partial charge in [-0.2, -0.15) is 5.10 Å². The number of hydrogen-bond donors (Lipinski definition) is 1. The van der Waals surface area contributed by atoms with Crippen LogP contribution in [0.2, 0.25) is 0 Å². The van der Waals surface area contributed by atoms with E-state index < -0.39 is 0 Å². The standard InChI is InChI=1S/C21H21N3O2/c1-16-9-11-17(12-10-16)19-13-14-21(26)24(23-19)15-5-8-20(25)22-18-6-3-2-4-7-18/h2-4,6-7,9-14H,5,8,15H2,1H3,(H,22,25). The van der Waals surface area contributed by atoms with E-state index in [2.05, 4.69) is 10.4 Å². The van der Waals surface area contributed by atoms with E-state index in [-0.39, 0.29) is 11.5 Å². The number of aromatic nitrogens is 2. The molecule has 2 aromatic carbocycles. The lowest BCUT2D eigenvalue weighted by atomic mass is 10.1. The number of rotatable bonds is 6. The van der Waals surface area contributed by atoms with Crippen LogP contribution in [0.3, 0.4) is 0 Å². The highest BCUT2D eigenvalue weighted by atomic mass is 16.1. The minimum absolute atomic E-state index is 0.0704. The molecule has 0 spiro atoms. The van der Waals surface area contributed by atoms with E-state index in [1.165, 1.54) is 16.3 Å². The predicted molar refractivity (Wildman–Crippen MR) is 103 cm³/mol. The highest BCUT2D eigenvalue weighted by Crippen LogP contribution is 2.16. The second kappa shape index (κ2) is 8.25. The third-order valence-electron chi connectivity index (χ3n) is 4.05. The van der Waals surface area contributed by atoms with E-state index in [0.29, 0.717) is 19.4 Å². The Bertz CT molecular complexity index is 931. The summed E-state index contributed by atoms with van der Waals surface area (Å²) in [7, 11) is 0. The van der Waals surface area contributed by atoms with Crippen molar-refractivity contribution in [1.82, 2.24) is 9.78 Å². The number of para-hydroxylation sites is 1. The van der Waals surface area contributed by atoms with Gasteiger partial charge >= 0.3 is 0 Å². The van der Waals surface area contributed by atoms with Crippen LogP contribution in [0.25, 0.3) is 11.3 Å². The van der Waals surface area contributed by atoms with Crippen molar-refractivity contribution >= 4 is 11.6 Å². The number of carbonyl (C=O) groups is 1. The van der Waals surface area contributed by atoms with Gasteiger partial charge in [-0.25, -0.2) is 4.68 Å². The Labute approximate surface area is 152 Å². The summed E-state index contributed by atoms with van der Waals surface area (Å²) >= 11 is 0. The molecule has 5 nitrogen and oxygen atoms in total. The van der Waals surface area contributed by atoms with Crippen LogP contribution in [0.15, 0.2) is 71.5 Å². The molecule has 0 aliphatic carbocycles. The molecular formula is C21H21N3O2. The van der Waals surface area contributed by atoms with Gasteiger partial charge in [0.2, 0.25) is 5.91 Å². The molecule has 1 amide bonds. The molecule has 0 atom stereocenters. The third kappa shape index (κ3) is 4.66. The topological polar surface area (TPSA) is 64.0 Å². The zero-order chi connectivity index (χ0) is 18.4. The molecule has 0 unspecified atom stereocenters. The van der Waals surface area contributed by atoms with Crippen LogP contribution >= 0.6 is 0 Å². The van der Waals surface area contributed by atoms with Gasteiger partial charge in [-0.3, -0.25) is 9.59 Å². The fraction of sp³-hybridized carbons (Fsp3) is 0.190. The van der Waals surface area contributed by atoms with Gasteiger partial charge in [0, 0.05) is 30.3 Å². The molecule has 1 N–H and O–H groups in total.